The highest BCUT2D eigenvalue weighted by Gasteiger charge is 2.14. The first-order chi connectivity index (χ1) is 9.81. The molecule has 1 atom stereocenters. The number of hydrogen-bond acceptors (Lipinski definition) is 4. The zero-order valence-corrected chi connectivity index (χ0v) is 11.9. The molecule has 0 spiro atoms. The van der Waals surface area contributed by atoms with Crippen LogP contribution in [0.25, 0.3) is 11.5 Å². The molecule has 0 saturated carbocycles. The maximum atomic E-state index is 5.75. The first-order valence-corrected chi connectivity index (χ1v) is 7.44. The predicted molar refractivity (Wildman–Crippen MR) is 78.4 cm³/mol. The largest absolute Gasteiger partial charge is 0.421 e. The Hall–Kier alpha value is -1.68. The molecule has 1 aliphatic heterocycles. The van der Waals surface area contributed by atoms with Gasteiger partial charge < -0.3 is 9.73 Å². The first-order valence-electron chi connectivity index (χ1n) is 7.44. The second-order valence-corrected chi connectivity index (χ2v) is 5.55. The van der Waals surface area contributed by atoms with E-state index in [2.05, 4.69) is 34.6 Å². The van der Waals surface area contributed by atoms with Crippen molar-refractivity contribution in [1.29, 1.82) is 0 Å². The van der Waals surface area contributed by atoms with E-state index in [0.717, 1.165) is 30.8 Å². The van der Waals surface area contributed by atoms with Crippen molar-refractivity contribution in [2.24, 2.45) is 0 Å². The van der Waals surface area contributed by atoms with Crippen LogP contribution in [0.2, 0.25) is 0 Å². The molecule has 1 saturated heterocycles. The average Bonchev–Trinajstić information content (AvgIpc) is 2.96. The lowest BCUT2D eigenvalue weighted by atomic mass is 10.0. The summed E-state index contributed by atoms with van der Waals surface area (Å²) in [5.41, 5.74) is 2.22. The van der Waals surface area contributed by atoms with Crippen LogP contribution in [-0.2, 0) is 6.42 Å². The number of benzene rings is 1. The van der Waals surface area contributed by atoms with Gasteiger partial charge in [0.05, 0.1) is 0 Å². The molecule has 1 aliphatic rings. The molecule has 4 heteroatoms. The van der Waals surface area contributed by atoms with Crippen molar-refractivity contribution < 1.29 is 4.42 Å². The van der Waals surface area contributed by atoms with Crippen molar-refractivity contribution in [3.63, 3.8) is 0 Å². The van der Waals surface area contributed by atoms with Crippen LogP contribution in [0.3, 0.4) is 0 Å². The Balaban J connectivity index is 1.60. The minimum Gasteiger partial charge on any atom is -0.421 e. The molecule has 0 aliphatic carbocycles. The Morgan fingerprint density at radius 3 is 2.80 bits per heavy atom. The molecule has 20 heavy (non-hydrogen) atoms. The SMILES string of the molecule is Cc1ccc(-c2nnc(CCC3CCCCN3)o2)cc1. The van der Waals surface area contributed by atoms with E-state index < -0.39 is 0 Å². The van der Waals surface area contributed by atoms with Gasteiger partial charge in [-0.15, -0.1) is 10.2 Å². The molecular formula is C16H21N3O. The third-order valence-corrected chi connectivity index (χ3v) is 3.88. The third-order valence-electron chi connectivity index (χ3n) is 3.88. The van der Waals surface area contributed by atoms with Gasteiger partial charge in [-0.25, -0.2) is 0 Å². The van der Waals surface area contributed by atoms with Gasteiger partial charge in [-0.1, -0.05) is 24.1 Å². The zero-order chi connectivity index (χ0) is 13.8. The summed E-state index contributed by atoms with van der Waals surface area (Å²) < 4.78 is 5.75. The normalized spacial score (nSPS) is 19.1. The molecule has 0 amide bonds. The lowest BCUT2D eigenvalue weighted by Gasteiger charge is -2.22. The summed E-state index contributed by atoms with van der Waals surface area (Å²) in [6.07, 6.45) is 5.83. The number of hydrogen-bond donors (Lipinski definition) is 1. The lowest BCUT2D eigenvalue weighted by Crippen LogP contribution is -2.34. The van der Waals surface area contributed by atoms with Crippen LogP contribution in [-0.4, -0.2) is 22.8 Å². The van der Waals surface area contributed by atoms with Crippen LogP contribution < -0.4 is 5.32 Å². The van der Waals surface area contributed by atoms with Crippen molar-refractivity contribution in [2.45, 2.75) is 45.1 Å². The molecule has 1 aromatic carbocycles. The quantitative estimate of drug-likeness (QED) is 0.928. The summed E-state index contributed by atoms with van der Waals surface area (Å²) in [5, 5.41) is 11.8. The van der Waals surface area contributed by atoms with Gasteiger partial charge in [0.1, 0.15) is 0 Å². The van der Waals surface area contributed by atoms with Crippen LogP contribution >= 0.6 is 0 Å². The molecule has 1 unspecified atom stereocenters. The molecule has 106 valence electrons. The van der Waals surface area contributed by atoms with E-state index >= 15 is 0 Å². The topological polar surface area (TPSA) is 51.0 Å². The number of aromatic nitrogens is 2. The fourth-order valence-corrected chi connectivity index (χ4v) is 2.64. The van der Waals surface area contributed by atoms with Crippen molar-refractivity contribution in [2.75, 3.05) is 6.54 Å². The van der Waals surface area contributed by atoms with Gasteiger partial charge in [-0.05, 0) is 44.9 Å². The molecule has 1 fully saturated rings. The standard InChI is InChI=1S/C16H21N3O/c1-12-5-7-13(8-6-12)16-19-18-15(20-16)10-9-14-4-2-3-11-17-14/h5-8,14,17H,2-4,9-11H2,1H3. The summed E-state index contributed by atoms with van der Waals surface area (Å²) in [4.78, 5) is 0. The van der Waals surface area contributed by atoms with Crippen molar-refractivity contribution in [1.82, 2.24) is 15.5 Å². The van der Waals surface area contributed by atoms with E-state index in [1.807, 2.05) is 12.1 Å². The maximum absolute atomic E-state index is 5.75. The molecular weight excluding hydrogens is 250 g/mol. The summed E-state index contributed by atoms with van der Waals surface area (Å²) in [6, 6.07) is 8.78. The van der Waals surface area contributed by atoms with E-state index in [1.165, 1.54) is 24.8 Å². The minimum atomic E-state index is 0.610. The van der Waals surface area contributed by atoms with E-state index in [9.17, 15) is 0 Å². The van der Waals surface area contributed by atoms with Crippen LogP contribution in [0, 0.1) is 6.92 Å². The smallest absolute Gasteiger partial charge is 0.247 e. The summed E-state index contributed by atoms with van der Waals surface area (Å²) in [6.45, 7) is 3.21. The Kier molecular flexibility index (Phi) is 4.11. The fraction of sp³-hybridized carbons (Fsp3) is 0.500. The Labute approximate surface area is 119 Å². The highest BCUT2D eigenvalue weighted by atomic mass is 16.4. The molecule has 1 aromatic heterocycles. The third kappa shape index (κ3) is 3.25. The molecule has 3 rings (SSSR count). The van der Waals surface area contributed by atoms with Crippen molar-refractivity contribution in [3.8, 4) is 11.5 Å². The fourth-order valence-electron chi connectivity index (χ4n) is 2.64. The van der Waals surface area contributed by atoms with E-state index in [-0.39, 0.29) is 0 Å². The Morgan fingerprint density at radius 1 is 1.20 bits per heavy atom. The second kappa shape index (κ2) is 6.18. The van der Waals surface area contributed by atoms with Crippen molar-refractivity contribution >= 4 is 0 Å². The van der Waals surface area contributed by atoms with Gasteiger partial charge in [0, 0.05) is 18.0 Å². The average molecular weight is 271 g/mol. The van der Waals surface area contributed by atoms with Crippen LogP contribution in [0.1, 0.15) is 37.1 Å². The maximum Gasteiger partial charge on any atom is 0.247 e. The summed E-state index contributed by atoms with van der Waals surface area (Å²) in [5.74, 6) is 1.37. The first kappa shape index (κ1) is 13.3. The van der Waals surface area contributed by atoms with Crippen LogP contribution in [0.4, 0.5) is 0 Å². The zero-order valence-electron chi connectivity index (χ0n) is 11.9. The number of nitrogens with one attached hydrogen (secondary N) is 1. The van der Waals surface area contributed by atoms with E-state index in [1.54, 1.807) is 0 Å². The highest BCUT2D eigenvalue weighted by molar-refractivity contribution is 5.52. The van der Waals surface area contributed by atoms with Crippen LogP contribution in [0.5, 0.6) is 0 Å². The molecule has 2 aromatic rings. The predicted octanol–water partition coefficient (Wildman–Crippen LogP) is 3.12. The molecule has 0 bridgehead atoms. The Morgan fingerprint density at radius 2 is 2.05 bits per heavy atom. The number of aryl methyl sites for hydroxylation is 2. The molecule has 0 radical (unpaired) electrons. The van der Waals surface area contributed by atoms with Crippen LogP contribution in [0.15, 0.2) is 28.7 Å². The molecule has 4 nitrogen and oxygen atoms in total. The number of piperidine rings is 1. The number of nitrogens with zero attached hydrogens (tertiary/aromatic N) is 2. The van der Waals surface area contributed by atoms with E-state index in [0.29, 0.717) is 11.9 Å². The summed E-state index contributed by atoms with van der Waals surface area (Å²) >= 11 is 0. The van der Waals surface area contributed by atoms with Gasteiger partial charge in [0.25, 0.3) is 0 Å². The van der Waals surface area contributed by atoms with Gasteiger partial charge in [0.15, 0.2) is 0 Å². The van der Waals surface area contributed by atoms with Gasteiger partial charge in [-0.2, -0.15) is 0 Å². The minimum absolute atomic E-state index is 0.610. The summed E-state index contributed by atoms with van der Waals surface area (Å²) in [7, 11) is 0. The Bertz CT molecular complexity index is 541. The second-order valence-electron chi connectivity index (χ2n) is 5.55. The van der Waals surface area contributed by atoms with E-state index in [4.69, 9.17) is 4.42 Å². The lowest BCUT2D eigenvalue weighted by molar-refractivity contribution is 0.369. The van der Waals surface area contributed by atoms with Gasteiger partial charge in [-0.3, -0.25) is 0 Å². The van der Waals surface area contributed by atoms with Crippen molar-refractivity contribution in [3.05, 3.63) is 35.7 Å². The molecule has 1 N–H and O–H groups in total. The molecule has 2 heterocycles. The number of rotatable bonds is 4. The monoisotopic (exact) mass is 271 g/mol. The van der Waals surface area contributed by atoms with Gasteiger partial charge >= 0.3 is 0 Å². The van der Waals surface area contributed by atoms with Gasteiger partial charge in [0.2, 0.25) is 11.8 Å². The highest BCUT2D eigenvalue weighted by Crippen LogP contribution is 2.19.